The summed E-state index contributed by atoms with van der Waals surface area (Å²) >= 11 is 0. The zero-order chi connectivity index (χ0) is 18.4. The third kappa shape index (κ3) is 2.80. The number of nitrogens with zero attached hydrogens (tertiary/aromatic N) is 2. The number of aryl methyl sites for hydroxylation is 3. The van der Waals surface area contributed by atoms with Crippen LogP contribution in [0.15, 0.2) is 30.6 Å². The van der Waals surface area contributed by atoms with E-state index >= 15 is 0 Å². The molecule has 0 aliphatic heterocycles. The molecule has 0 radical (unpaired) electrons. The van der Waals surface area contributed by atoms with Crippen LogP contribution >= 0.6 is 0 Å². The van der Waals surface area contributed by atoms with Gasteiger partial charge in [-0.2, -0.15) is 5.10 Å². The van der Waals surface area contributed by atoms with Crippen molar-refractivity contribution >= 4 is 16.8 Å². The van der Waals surface area contributed by atoms with E-state index in [1.165, 1.54) is 5.56 Å². The van der Waals surface area contributed by atoms with Crippen molar-refractivity contribution in [2.24, 2.45) is 13.0 Å². The first-order valence-electron chi connectivity index (χ1n) is 8.99. The Hall–Kier alpha value is -2.60. The first kappa shape index (κ1) is 16.8. The summed E-state index contributed by atoms with van der Waals surface area (Å²) in [5, 5.41) is 18.2. The Morgan fingerprint density at radius 3 is 2.81 bits per heavy atom. The molecule has 3 N–H and O–H groups in total. The number of aromatic amines is 1. The second-order valence-electron chi connectivity index (χ2n) is 7.39. The standard InChI is InChI=1S/C20H24N4O2/c1-11-12(2)22-19-16(11)5-4-6-17(19)20(26)23-18(13-7-15(25)8-13)14-9-21-24(3)10-14/h4-6,9-10,13,15,18,22,25H,7-8H2,1-3H3,(H,23,26)/t13?,15?,18-/m1/s1. The number of amides is 1. The van der Waals surface area contributed by atoms with E-state index in [9.17, 15) is 9.90 Å². The minimum Gasteiger partial charge on any atom is -0.393 e. The van der Waals surface area contributed by atoms with Crippen molar-refractivity contribution in [2.75, 3.05) is 0 Å². The minimum absolute atomic E-state index is 0.105. The van der Waals surface area contributed by atoms with E-state index in [4.69, 9.17) is 0 Å². The maximum absolute atomic E-state index is 13.1. The average Bonchev–Trinajstić information content (AvgIpc) is 3.14. The van der Waals surface area contributed by atoms with E-state index < -0.39 is 0 Å². The Bertz CT molecular complexity index is 966. The number of nitrogens with one attached hydrogen (secondary N) is 2. The molecular weight excluding hydrogens is 328 g/mol. The van der Waals surface area contributed by atoms with Crippen LogP contribution in [0.3, 0.4) is 0 Å². The molecule has 1 amide bonds. The number of aromatic nitrogens is 3. The van der Waals surface area contributed by atoms with Gasteiger partial charge in [0.1, 0.15) is 0 Å². The summed E-state index contributed by atoms with van der Waals surface area (Å²) in [5.74, 6) is 0.122. The fraction of sp³-hybridized carbons (Fsp3) is 0.400. The van der Waals surface area contributed by atoms with Gasteiger partial charge in [0, 0.05) is 29.9 Å². The van der Waals surface area contributed by atoms with Crippen LogP contribution in [0.1, 0.15) is 46.1 Å². The molecule has 6 heteroatoms. The normalized spacial score (nSPS) is 20.8. The first-order valence-corrected chi connectivity index (χ1v) is 8.99. The smallest absolute Gasteiger partial charge is 0.253 e. The Balaban J connectivity index is 1.66. The molecule has 1 aliphatic carbocycles. The third-order valence-electron chi connectivity index (χ3n) is 5.58. The van der Waals surface area contributed by atoms with E-state index in [0.29, 0.717) is 18.4 Å². The Labute approximate surface area is 152 Å². The summed E-state index contributed by atoms with van der Waals surface area (Å²) in [6.45, 7) is 4.08. The molecule has 3 aromatic rings. The molecule has 0 saturated heterocycles. The summed E-state index contributed by atoms with van der Waals surface area (Å²) in [6.07, 6.45) is 4.85. The number of aliphatic hydroxyl groups excluding tert-OH is 1. The van der Waals surface area contributed by atoms with Crippen molar-refractivity contribution in [1.29, 1.82) is 0 Å². The molecule has 4 rings (SSSR count). The SMILES string of the molecule is Cc1[nH]c2c(C(=O)N[C@@H](c3cnn(C)c3)C3CC(O)C3)cccc2c1C. The summed E-state index contributed by atoms with van der Waals surface area (Å²) in [6, 6.07) is 5.66. The molecule has 1 fully saturated rings. The van der Waals surface area contributed by atoms with Crippen molar-refractivity contribution in [1.82, 2.24) is 20.1 Å². The molecule has 1 aromatic carbocycles. The zero-order valence-corrected chi connectivity index (χ0v) is 15.3. The van der Waals surface area contributed by atoms with Crippen LogP contribution < -0.4 is 5.32 Å². The largest absolute Gasteiger partial charge is 0.393 e. The second-order valence-corrected chi connectivity index (χ2v) is 7.39. The summed E-state index contributed by atoms with van der Waals surface area (Å²) < 4.78 is 1.74. The quantitative estimate of drug-likeness (QED) is 0.675. The predicted molar refractivity (Wildman–Crippen MR) is 99.9 cm³/mol. The fourth-order valence-electron chi connectivity index (χ4n) is 3.87. The van der Waals surface area contributed by atoms with Gasteiger partial charge in [-0.1, -0.05) is 12.1 Å². The van der Waals surface area contributed by atoms with Crippen molar-refractivity contribution < 1.29 is 9.90 Å². The topological polar surface area (TPSA) is 82.9 Å². The highest BCUT2D eigenvalue weighted by Crippen LogP contribution is 2.38. The molecule has 26 heavy (non-hydrogen) atoms. The lowest BCUT2D eigenvalue weighted by molar-refractivity contribution is 0.0235. The van der Waals surface area contributed by atoms with Crippen molar-refractivity contribution in [3.05, 3.63) is 53.0 Å². The van der Waals surface area contributed by atoms with Crippen LogP contribution in [0.4, 0.5) is 0 Å². The molecule has 1 saturated carbocycles. The minimum atomic E-state index is -0.270. The second kappa shape index (κ2) is 6.29. The van der Waals surface area contributed by atoms with Crippen LogP contribution in [-0.2, 0) is 7.05 Å². The van der Waals surface area contributed by atoms with Crippen LogP contribution in [0.5, 0.6) is 0 Å². The van der Waals surface area contributed by atoms with Crippen LogP contribution in [0.2, 0.25) is 0 Å². The predicted octanol–water partition coefficient (Wildman–Crippen LogP) is 2.76. The van der Waals surface area contributed by atoms with Gasteiger partial charge in [-0.05, 0) is 44.2 Å². The molecular formula is C20H24N4O2. The Morgan fingerprint density at radius 1 is 1.38 bits per heavy atom. The lowest BCUT2D eigenvalue weighted by Crippen LogP contribution is -2.41. The zero-order valence-electron chi connectivity index (χ0n) is 15.3. The van der Waals surface area contributed by atoms with Crippen LogP contribution in [0, 0.1) is 19.8 Å². The fourth-order valence-corrected chi connectivity index (χ4v) is 3.87. The molecule has 0 bridgehead atoms. The number of para-hydroxylation sites is 1. The maximum Gasteiger partial charge on any atom is 0.253 e. The number of rotatable bonds is 4. The van der Waals surface area contributed by atoms with Gasteiger partial charge in [0.15, 0.2) is 0 Å². The van der Waals surface area contributed by atoms with E-state index in [1.54, 1.807) is 10.9 Å². The number of benzene rings is 1. The number of fused-ring (bicyclic) bond motifs is 1. The van der Waals surface area contributed by atoms with Gasteiger partial charge < -0.3 is 15.4 Å². The van der Waals surface area contributed by atoms with E-state index in [-0.39, 0.29) is 24.0 Å². The van der Waals surface area contributed by atoms with Gasteiger partial charge in [0.25, 0.3) is 5.91 Å². The van der Waals surface area contributed by atoms with Crippen molar-refractivity contribution in [3.63, 3.8) is 0 Å². The molecule has 0 spiro atoms. The lowest BCUT2D eigenvalue weighted by atomic mass is 9.75. The Morgan fingerprint density at radius 2 is 2.15 bits per heavy atom. The highest BCUT2D eigenvalue weighted by molar-refractivity contribution is 6.06. The molecule has 1 atom stereocenters. The number of H-pyrrole nitrogens is 1. The van der Waals surface area contributed by atoms with Crippen molar-refractivity contribution in [3.8, 4) is 0 Å². The van der Waals surface area contributed by atoms with Gasteiger partial charge in [-0.25, -0.2) is 0 Å². The Kier molecular flexibility index (Phi) is 4.07. The number of carbonyl (C=O) groups excluding carboxylic acids is 1. The van der Waals surface area contributed by atoms with E-state index in [2.05, 4.69) is 22.3 Å². The number of aliphatic hydroxyl groups is 1. The van der Waals surface area contributed by atoms with Crippen molar-refractivity contribution in [2.45, 2.75) is 38.8 Å². The van der Waals surface area contributed by atoms with Gasteiger partial charge in [-0.3, -0.25) is 9.48 Å². The lowest BCUT2D eigenvalue weighted by Gasteiger charge is -2.37. The van der Waals surface area contributed by atoms with Gasteiger partial charge in [0.05, 0.1) is 29.4 Å². The van der Waals surface area contributed by atoms with E-state index in [0.717, 1.165) is 22.2 Å². The molecule has 136 valence electrons. The van der Waals surface area contributed by atoms with Crippen LogP contribution in [0.25, 0.3) is 10.9 Å². The van der Waals surface area contributed by atoms with Crippen LogP contribution in [-0.4, -0.2) is 31.9 Å². The maximum atomic E-state index is 13.1. The summed E-state index contributed by atoms with van der Waals surface area (Å²) in [5.41, 5.74) is 4.74. The highest BCUT2D eigenvalue weighted by atomic mass is 16.3. The number of carbonyl (C=O) groups is 1. The monoisotopic (exact) mass is 352 g/mol. The molecule has 2 heterocycles. The molecule has 0 unspecified atom stereocenters. The van der Waals surface area contributed by atoms with Gasteiger partial charge >= 0.3 is 0 Å². The van der Waals surface area contributed by atoms with E-state index in [1.807, 2.05) is 38.4 Å². The number of hydrogen-bond acceptors (Lipinski definition) is 3. The first-order chi connectivity index (χ1) is 12.4. The molecule has 2 aromatic heterocycles. The third-order valence-corrected chi connectivity index (χ3v) is 5.58. The molecule has 6 nitrogen and oxygen atoms in total. The number of hydrogen-bond donors (Lipinski definition) is 3. The van der Waals surface area contributed by atoms with Gasteiger partial charge in [-0.15, -0.1) is 0 Å². The molecule has 1 aliphatic rings. The summed E-state index contributed by atoms with van der Waals surface area (Å²) in [7, 11) is 1.86. The highest BCUT2D eigenvalue weighted by Gasteiger charge is 2.36. The van der Waals surface area contributed by atoms with Gasteiger partial charge in [0.2, 0.25) is 0 Å². The summed E-state index contributed by atoms with van der Waals surface area (Å²) in [4.78, 5) is 16.4. The average molecular weight is 352 g/mol.